The van der Waals surface area contributed by atoms with Crippen LogP contribution in [0.4, 0.5) is 0 Å². The molecule has 158 valence electrons. The molecule has 1 aliphatic rings. The molecule has 0 spiro atoms. The van der Waals surface area contributed by atoms with Crippen molar-refractivity contribution < 1.29 is 24.2 Å². The van der Waals surface area contributed by atoms with Crippen LogP contribution in [0, 0.1) is 0 Å². The maximum Gasteiger partial charge on any atom is 0.295 e. The van der Waals surface area contributed by atoms with Gasteiger partial charge in [0.25, 0.3) is 11.7 Å². The van der Waals surface area contributed by atoms with E-state index in [9.17, 15) is 14.7 Å². The predicted octanol–water partition coefficient (Wildman–Crippen LogP) is 2.08. The summed E-state index contributed by atoms with van der Waals surface area (Å²) in [6.07, 6.45) is 1.59. The monoisotopic (exact) mass is 411 g/mol. The van der Waals surface area contributed by atoms with Gasteiger partial charge in [0.05, 0.1) is 31.1 Å². The third-order valence-corrected chi connectivity index (χ3v) is 4.96. The molecule has 3 rings (SSSR count). The highest BCUT2D eigenvalue weighted by atomic mass is 16.5. The molecule has 1 fully saturated rings. The third-order valence-electron chi connectivity index (χ3n) is 4.96. The predicted molar refractivity (Wildman–Crippen MR) is 111 cm³/mol. The molecule has 8 heteroatoms. The molecule has 1 saturated heterocycles. The largest absolute Gasteiger partial charge is 0.507 e. The number of nitrogens with zero attached hydrogens (tertiary/aromatic N) is 3. The molecule has 0 saturated carbocycles. The number of ether oxygens (including phenoxy) is 2. The third kappa shape index (κ3) is 3.99. The quantitative estimate of drug-likeness (QED) is 0.424. The summed E-state index contributed by atoms with van der Waals surface area (Å²) in [6.45, 7) is 0.873. The Labute approximate surface area is 175 Å². The number of aromatic nitrogens is 1. The molecule has 1 amide bonds. The van der Waals surface area contributed by atoms with Gasteiger partial charge in [-0.3, -0.25) is 14.6 Å². The van der Waals surface area contributed by atoms with Crippen LogP contribution >= 0.6 is 0 Å². The number of pyridine rings is 1. The van der Waals surface area contributed by atoms with E-state index < -0.39 is 17.7 Å². The number of carbonyl (C=O) groups excluding carboxylic acids is 2. The summed E-state index contributed by atoms with van der Waals surface area (Å²) in [5.74, 6) is -0.862. The SMILES string of the molecule is COc1ccc(C(O)=C2C(=O)C(=O)N(CCN(C)C)[C@@H]2c2ccccn2)c(OC)c1. The number of amides is 1. The molecule has 0 radical (unpaired) electrons. The van der Waals surface area contributed by atoms with Crippen LogP contribution in [0.15, 0.2) is 48.2 Å². The number of likely N-dealkylation sites (tertiary alicyclic amines) is 1. The van der Waals surface area contributed by atoms with Crippen molar-refractivity contribution in [3.05, 3.63) is 59.4 Å². The van der Waals surface area contributed by atoms with Crippen LogP contribution in [0.25, 0.3) is 5.76 Å². The molecule has 0 unspecified atom stereocenters. The molecule has 1 aromatic heterocycles. The van der Waals surface area contributed by atoms with Crippen LogP contribution in [0.1, 0.15) is 17.3 Å². The highest BCUT2D eigenvalue weighted by Gasteiger charge is 2.46. The first kappa shape index (κ1) is 21.3. The number of hydrogen-bond donors (Lipinski definition) is 1. The second-order valence-corrected chi connectivity index (χ2v) is 7.12. The summed E-state index contributed by atoms with van der Waals surface area (Å²) in [7, 11) is 6.74. The van der Waals surface area contributed by atoms with Crippen molar-refractivity contribution in [1.29, 1.82) is 0 Å². The summed E-state index contributed by atoms with van der Waals surface area (Å²) >= 11 is 0. The zero-order valence-electron chi connectivity index (χ0n) is 17.5. The fourth-order valence-corrected chi connectivity index (χ4v) is 3.40. The Morgan fingerprint density at radius 1 is 1.17 bits per heavy atom. The molecule has 1 aromatic carbocycles. The van der Waals surface area contributed by atoms with Crippen LogP contribution in [0.5, 0.6) is 11.5 Å². The van der Waals surface area contributed by atoms with E-state index >= 15 is 0 Å². The number of aliphatic hydroxyl groups is 1. The first-order valence-corrected chi connectivity index (χ1v) is 9.45. The number of carbonyl (C=O) groups is 2. The lowest BCUT2D eigenvalue weighted by Crippen LogP contribution is -2.35. The van der Waals surface area contributed by atoms with Crippen molar-refractivity contribution in [3.8, 4) is 11.5 Å². The molecule has 2 aromatic rings. The zero-order chi connectivity index (χ0) is 21.8. The Hall–Kier alpha value is -3.39. The average molecular weight is 411 g/mol. The number of ketones is 1. The van der Waals surface area contributed by atoms with Gasteiger partial charge in [0.2, 0.25) is 0 Å². The molecule has 1 N–H and O–H groups in total. The minimum Gasteiger partial charge on any atom is -0.507 e. The Morgan fingerprint density at radius 2 is 1.93 bits per heavy atom. The number of rotatable bonds is 7. The van der Waals surface area contributed by atoms with Crippen LogP contribution in [0.3, 0.4) is 0 Å². The van der Waals surface area contributed by atoms with E-state index in [1.165, 1.54) is 19.1 Å². The summed E-state index contributed by atoms with van der Waals surface area (Å²) in [6, 6.07) is 9.32. The number of benzene rings is 1. The first-order chi connectivity index (χ1) is 14.4. The van der Waals surface area contributed by atoms with Gasteiger partial charge >= 0.3 is 0 Å². The zero-order valence-corrected chi connectivity index (χ0v) is 17.5. The van der Waals surface area contributed by atoms with Gasteiger partial charge in [0.15, 0.2) is 0 Å². The van der Waals surface area contributed by atoms with E-state index in [-0.39, 0.29) is 11.3 Å². The van der Waals surface area contributed by atoms with Gasteiger partial charge < -0.3 is 24.4 Å². The van der Waals surface area contributed by atoms with Gasteiger partial charge in [-0.1, -0.05) is 6.07 Å². The average Bonchev–Trinajstić information content (AvgIpc) is 3.02. The number of hydrogen-bond acceptors (Lipinski definition) is 7. The van der Waals surface area contributed by atoms with Crippen molar-refractivity contribution in [3.63, 3.8) is 0 Å². The van der Waals surface area contributed by atoms with Gasteiger partial charge in [0.1, 0.15) is 23.3 Å². The van der Waals surface area contributed by atoms with E-state index in [0.29, 0.717) is 35.8 Å². The molecular formula is C22H25N3O5. The van der Waals surface area contributed by atoms with Crippen molar-refractivity contribution in [2.75, 3.05) is 41.4 Å². The van der Waals surface area contributed by atoms with E-state index in [1.807, 2.05) is 19.0 Å². The highest BCUT2D eigenvalue weighted by molar-refractivity contribution is 6.46. The Balaban J connectivity index is 2.17. The molecule has 1 atom stereocenters. The Bertz CT molecular complexity index is 972. The molecule has 1 aliphatic heterocycles. The van der Waals surface area contributed by atoms with Gasteiger partial charge in [-0.2, -0.15) is 0 Å². The van der Waals surface area contributed by atoms with Crippen LogP contribution in [-0.2, 0) is 9.59 Å². The van der Waals surface area contributed by atoms with Gasteiger partial charge in [0, 0.05) is 25.4 Å². The Kier molecular flexibility index (Phi) is 6.37. The fraction of sp³-hybridized carbons (Fsp3) is 0.318. The fourth-order valence-electron chi connectivity index (χ4n) is 3.40. The molecule has 0 bridgehead atoms. The number of Topliss-reactive ketones (excluding diaryl/α,β-unsaturated/α-hetero) is 1. The van der Waals surface area contributed by atoms with Crippen LogP contribution in [-0.4, -0.2) is 73.0 Å². The van der Waals surface area contributed by atoms with Crippen molar-refractivity contribution >= 4 is 17.4 Å². The van der Waals surface area contributed by atoms with E-state index in [0.717, 1.165) is 0 Å². The maximum atomic E-state index is 13.0. The van der Waals surface area contributed by atoms with Crippen LogP contribution < -0.4 is 9.47 Å². The van der Waals surface area contributed by atoms with Gasteiger partial charge in [-0.05, 0) is 38.4 Å². The molecular weight excluding hydrogens is 386 g/mol. The standard InChI is InChI=1S/C22H25N3O5/c1-24(2)11-12-25-19(16-7-5-6-10-23-16)18(21(27)22(25)28)20(26)15-9-8-14(29-3)13-17(15)30-4/h5-10,13,19,26H,11-12H2,1-4H3/t19-/m1/s1. The van der Waals surface area contributed by atoms with Crippen molar-refractivity contribution in [2.45, 2.75) is 6.04 Å². The van der Waals surface area contributed by atoms with E-state index in [4.69, 9.17) is 9.47 Å². The van der Waals surface area contributed by atoms with Gasteiger partial charge in [-0.25, -0.2) is 0 Å². The number of likely N-dealkylation sites (N-methyl/N-ethyl adjacent to an activating group) is 1. The van der Waals surface area contributed by atoms with E-state index in [2.05, 4.69) is 4.98 Å². The van der Waals surface area contributed by atoms with Crippen molar-refractivity contribution in [2.24, 2.45) is 0 Å². The topological polar surface area (TPSA) is 92.2 Å². The second kappa shape index (κ2) is 8.96. The summed E-state index contributed by atoms with van der Waals surface area (Å²) < 4.78 is 10.6. The summed E-state index contributed by atoms with van der Waals surface area (Å²) in [5, 5.41) is 11.1. The molecule has 8 nitrogen and oxygen atoms in total. The van der Waals surface area contributed by atoms with Gasteiger partial charge in [-0.15, -0.1) is 0 Å². The first-order valence-electron chi connectivity index (χ1n) is 9.45. The normalized spacial score (nSPS) is 18.2. The minimum atomic E-state index is -0.794. The number of methoxy groups -OCH3 is 2. The molecule has 0 aliphatic carbocycles. The lowest BCUT2D eigenvalue weighted by Gasteiger charge is -2.25. The van der Waals surface area contributed by atoms with Crippen molar-refractivity contribution in [1.82, 2.24) is 14.8 Å². The highest BCUT2D eigenvalue weighted by Crippen LogP contribution is 2.40. The molecule has 2 heterocycles. The number of aliphatic hydroxyl groups excluding tert-OH is 1. The lowest BCUT2D eigenvalue weighted by molar-refractivity contribution is -0.140. The second-order valence-electron chi connectivity index (χ2n) is 7.12. The lowest BCUT2D eigenvalue weighted by atomic mass is 9.97. The maximum absolute atomic E-state index is 13.0. The smallest absolute Gasteiger partial charge is 0.295 e. The summed E-state index contributed by atoms with van der Waals surface area (Å²) in [5.41, 5.74) is 0.787. The minimum absolute atomic E-state index is 0.0130. The Morgan fingerprint density at radius 3 is 2.53 bits per heavy atom. The molecule has 30 heavy (non-hydrogen) atoms. The summed E-state index contributed by atoms with van der Waals surface area (Å²) in [4.78, 5) is 33.5. The van der Waals surface area contributed by atoms with Crippen LogP contribution in [0.2, 0.25) is 0 Å². The van der Waals surface area contributed by atoms with E-state index in [1.54, 1.807) is 42.6 Å².